The van der Waals surface area contributed by atoms with Crippen molar-refractivity contribution in [3.63, 3.8) is 0 Å². The van der Waals surface area contributed by atoms with Crippen molar-refractivity contribution in [2.45, 2.75) is 59.2 Å². The third kappa shape index (κ3) is 2.65. The Bertz CT molecular complexity index is 288. The van der Waals surface area contributed by atoms with Crippen LogP contribution in [-0.4, -0.2) is 29.6 Å². The molecule has 2 rings (SSSR count). The molecule has 4 atom stereocenters. The van der Waals surface area contributed by atoms with E-state index in [0.29, 0.717) is 17.7 Å². The summed E-state index contributed by atoms with van der Waals surface area (Å²) in [4.78, 5) is 14.4. The van der Waals surface area contributed by atoms with Crippen LogP contribution in [0.4, 0.5) is 0 Å². The molecule has 0 aromatic heterocycles. The molecule has 0 aromatic carbocycles. The molecule has 1 heterocycles. The highest BCUT2D eigenvalue weighted by atomic mass is 16.2. The summed E-state index contributed by atoms with van der Waals surface area (Å²) in [5, 5.41) is 3.45. The lowest BCUT2D eigenvalue weighted by Gasteiger charge is -2.24. The van der Waals surface area contributed by atoms with Crippen LogP contribution in [0, 0.1) is 17.8 Å². The SMILES string of the molecule is CCC(C)C1NC(C)N(CC(C)C2CC2)C1=O. The summed E-state index contributed by atoms with van der Waals surface area (Å²) in [6.07, 6.45) is 3.99. The van der Waals surface area contributed by atoms with Crippen LogP contribution in [0.2, 0.25) is 0 Å². The number of carbonyl (C=O) groups excluding carboxylic acids is 1. The largest absolute Gasteiger partial charge is 0.326 e. The minimum Gasteiger partial charge on any atom is -0.326 e. The standard InChI is InChI=1S/C14H26N2O/c1-5-9(2)13-14(17)16(11(4)15-13)8-10(3)12-6-7-12/h9-13,15H,5-8H2,1-4H3. The third-order valence-electron chi connectivity index (χ3n) is 4.56. The first kappa shape index (κ1) is 12.9. The number of nitrogens with zero attached hydrogens (tertiary/aromatic N) is 1. The number of hydrogen-bond donors (Lipinski definition) is 1. The van der Waals surface area contributed by atoms with Crippen LogP contribution in [0.1, 0.15) is 47.0 Å². The molecule has 1 amide bonds. The lowest BCUT2D eigenvalue weighted by Crippen LogP contribution is -2.38. The van der Waals surface area contributed by atoms with Crippen LogP contribution >= 0.6 is 0 Å². The molecule has 1 N–H and O–H groups in total. The van der Waals surface area contributed by atoms with Gasteiger partial charge in [0, 0.05) is 6.54 Å². The Morgan fingerprint density at radius 2 is 2.00 bits per heavy atom. The minimum absolute atomic E-state index is 0.0430. The lowest BCUT2D eigenvalue weighted by atomic mass is 9.99. The number of rotatable bonds is 5. The van der Waals surface area contributed by atoms with Crippen molar-refractivity contribution in [1.82, 2.24) is 10.2 Å². The van der Waals surface area contributed by atoms with Crippen molar-refractivity contribution >= 4 is 5.91 Å². The Labute approximate surface area is 105 Å². The van der Waals surface area contributed by atoms with Crippen LogP contribution in [0.3, 0.4) is 0 Å². The molecule has 17 heavy (non-hydrogen) atoms. The molecule has 0 radical (unpaired) electrons. The Morgan fingerprint density at radius 1 is 1.35 bits per heavy atom. The van der Waals surface area contributed by atoms with Gasteiger partial charge in [-0.1, -0.05) is 27.2 Å². The molecule has 98 valence electrons. The Balaban J connectivity index is 1.95. The normalized spacial score (nSPS) is 32.9. The van der Waals surface area contributed by atoms with Gasteiger partial charge in [0.25, 0.3) is 0 Å². The second-order valence-electron chi connectivity index (χ2n) is 6.01. The van der Waals surface area contributed by atoms with E-state index in [1.165, 1.54) is 12.8 Å². The lowest BCUT2D eigenvalue weighted by molar-refractivity contribution is -0.131. The maximum atomic E-state index is 12.4. The molecule has 1 aliphatic heterocycles. The molecule has 3 heteroatoms. The van der Waals surface area contributed by atoms with E-state index < -0.39 is 0 Å². The quantitative estimate of drug-likeness (QED) is 0.796. The predicted octanol–water partition coefficient (Wildman–Crippen LogP) is 2.23. The van der Waals surface area contributed by atoms with Crippen molar-refractivity contribution in [3.05, 3.63) is 0 Å². The average molecular weight is 238 g/mol. The fourth-order valence-electron chi connectivity index (χ4n) is 2.81. The molecule has 0 aromatic rings. The van der Waals surface area contributed by atoms with Crippen molar-refractivity contribution in [1.29, 1.82) is 0 Å². The zero-order valence-electron chi connectivity index (χ0n) is 11.6. The fraction of sp³-hybridized carbons (Fsp3) is 0.929. The fourth-order valence-corrected chi connectivity index (χ4v) is 2.81. The topological polar surface area (TPSA) is 32.3 Å². The zero-order chi connectivity index (χ0) is 12.6. The second-order valence-corrected chi connectivity index (χ2v) is 6.01. The van der Waals surface area contributed by atoms with Gasteiger partial charge >= 0.3 is 0 Å². The van der Waals surface area contributed by atoms with E-state index in [1.807, 2.05) is 0 Å². The number of nitrogens with one attached hydrogen (secondary N) is 1. The molecule has 1 saturated heterocycles. The second kappa shape index (κ2) is 4.97. The van der Waals surface area contributed by atoms with Crippen LogP contribution in [0.15, 0.2) is 0 Å². The monoisotopic (exact) mass is 238 g/mol. The highest BCUT2D eigenvalue weighted by Crippen LogP contribution is 2.37. The summed E-state index contributed by atoms with van der Waals surface area (Å²) in [7, 11) is 0. The Hall–Kier alpha value is -0.570. The summed E-state index contributed by atoms with van der Waals surface area (Å²) < 4.78 is 0. The van der Waals surface area contributed by atoms with E-state index >= 15 is 0 Å². The Morgan fingerprint density at radius 3 is 2.53 bits per heavy atom. The van der Waals surface area contributed by atoms with Crippen molar-refractivity contribution in [2.24, 2.45) is 17.8 Å². The number of carbonyl (C=O) groups is 1. The highest BCUT2D eigenvalue weighted by molar-refractivity contribution is 5.84. The first-order chi connectivity index (χ1) is 8.04. The molecule has 2 aliphatic rings. The van der Waals surface area contributed by atoms with E-state index in [2.05, 4.69) is 37.9 Å². The number of hydrogen-bond acceptors (Lipinski definition) is 2. The summed E-state index contributed by atoms with van der Waals surface area (Å²) >= 11 is 0. The first-order valence-corrected chi connectivity index (χ1v) is 7.11. The molecule has 4 unspecified atom stereocenters. The maximum absolute atomic E-state index is 12.4. The van der Waals surface area contributed by atoms with Crippen LogP contribution in [0.5, 0.6) is 0 Å². The van der Waals surface area contributed by atoms with Gasteiger partial charge in [-0.3, -0.25) is 10.1 Å². The molecule has 2 fully saturated rings. The average Bonchev–Trinajstić information content (AvgIpc) is 3.11. The van der Waals surface area contributed by atoms with E-state index in [-0.39, 0.29) is 12.2 Å². The predicted molar refractivity (Wildman–Crippen MR) is 69.4 cm³/mol. The van der Waals surface area contributed by atoms with E-state index in [0.717, 1.165) is 18.9 Å². The van der Waals surface area contributed by atoms with Gasteiger partial charge in [-0.25, -0.2) is 0 Å². The van der Waals surface area contributed by atoms with Crippen LogP contribution in [0.25, 0.3) is 0 Å². The van der Waals surface area contributed by atoms with Gasteiger partial charge in [-0.15, -0.1) is 0 Å². The van der Waals surface area contributed by atoms with Crippen molar-refractivity contribution in [3.8, 4) is 0 Å². The van der Waals surface area contributed by atoms with Gasteiger partial charge in [0.15, 0.2) is 0 Å². The summed E-state index contributed by atoms with van der Waals surface area (Å²) in [6.45, 7) is 9.65. The molecule has 0 bridgehead atoms. The van der Waals surface area contributed by atoms with Gasteiger partial charge in [0.1, 0.15) is 0 Å². The van der Waals surface area contributed by atoms with Gasteiger partial charge in [0.2, 0.25) is 5.91 Å². The van der Waals surface area contributed by atoms with Gasteiger partial charge in [-0.2, -0.15) is 0 Å². The zero-order valence-corrected chi connectivity index (χ0v) is 11.6. The Kier molecular flexibility index (Phi) is 3.76. The number of amides is 1. The van der Waals surface area contributed by atoms with Gasteiger partial charge in [0.05, 0.1) is 12.2 Å². The van der Waals surface area contributed by atoms with Gasteiger partial charge < -0.3 is 4.90 Å². The van der Waals surface area contributed by atoms with Crippen LogP contribution < -0.4 is 5.32 Å². The molecular formula is C14H26N2O. The van der Waals surface area contributed by atoms with Crippen molar-refractivity contribution < 1.29 is 4.79 Å². The smallest absolute Gasteiger partial charge is 0.241 e. The minimum atomic E-state index is 0.0430. The summed E-state index contributed by atoms with van der Waals surface area (Å²) in [6, 6.07) is 0.0430. The highest BCUT2D eigenvalue weighted by Gasteiger charge is 2.40. The molecule has 3 nitrogen and oxygen atoms in total. The molecule has 0 spiro atoms. The van der Waals surface area contributed by atoms with Crippen molar-refractivity contribution in [2.75, 3.05) is 6.54 Å². The van der Waals surface area contributed by atoms with Crippen LogP contribution in [-0.2, 0) is 4.79 Å². The summed E-state index contributed by atoms with van der Waals surface area (Å²) in [5.41, 5.74) is 0. The maximum Gasteiger partial charge on any atom is 0.241 e. The van der Waals surface area contributed by atoms with E-state index in [1.54, 1.807) is 0 Å². The molecule has 1 aliphatic carbocycles. The molecular weight excluding hydrogens is 212 g/mol. The summed E-state index contributed by atoms with van der Waals surface area (Å²) in [5.74, 6) is 2.29. The van der Waals surface area contributed by atoms with E-state index in [9.17, 15) is 4.79 Å². The third-order valence-corrected chi connectivity index (χ3v) is 4.56. The van der Waals surface area contributed by atoms with E-state index in [4.69, 9.17) is 0 Å². The van der Waals surface area contributed by atoms with Gasteiger partial charge in [-0.05, 0) is 37.5 Å². The first-order valence-electron chi connectivity index (χ1n) is 7.11. The molecule has 1 saturated carbocycles.